The van der Waals surface area contributed by atoms with Crippen LogP contribution < -0.4 is 0 Å². The Hall–Kier alpha value is -1.67. The van der Waals surface area contributed by atoms with Crippen LogP contribution in [0.5, 0.6) is 0 Å². The maximum Gasteiger partial charge on any atom is 0.0407 e. The first-order valence-corrected chi connectivity index (χ1v) is 8.28. The SMILES string of the molecule is CCCN(C)CC(C)c1ccccc1Cc1cccnc1C. The van der Waals surface area contributed by atoms with E-state index in [4.69, 9.17) is 0 Å². The first-order chi connectivity index (χ1) is 10.6. The van der Waals surface area contributed by atoms with E-state index in [1.807, 2.05) is 12.3 Å². The lowest BCUT2D eigenvalue weighted by atomic mass is 9.91. The molecule has 2 heteroatoms. The molecule has 1 aromatic carbocycles. The van der Waals surface area contributed by atoms with Gasteiger partial charge in [0.05, 0.1) is 0 Å². The van der Waals surface area contributed by atoms with Crippen LogP contribution in [0.3, 0.4) is 0 Å². The Morgan fingerprint density at radius 1 is 1.09 bits per heavy atom. The smallest absolute Gasteiger partial charge is 0.0407 e. The van der Waals surface area contributed by atoms with E-state index in [-0.39, 0.29) is 0 Å². The van der Waals surface area contributed by atoms with Crippen LogP contribution in [0, 0.1) is 6.92 Å². The molecule has 2 nitrogen and oxygen atoms in total. The monoisotopic (exact) mass is 296 g/mol. The molecule has 0 aliphatic rings. The van der Waals surface area contributed by atoms with E-state index in [1.54, 1.807) is 0 Å². The highest BCUT2D eigenvalue weighted by Crippen LogP contribution is 2.23. The summed E-state index contributed by atoms with van der Waals surface area (Å²) in [7, 11) is 2.22. The molecule has 0 aliphatic heterocycles. The summed E-state index contributed by atoms with van der Waals surface area (Å²) in [5.74, 6) is 0.546. The molecule has 1 aromatic heterocycles. The highest BCUT2D eigenvalue weighted by Gasteiger charge is 2.13. The molecule has 1 unspecified atom stereocenters. The van der Waals surface area contributed by atoms with Crippen molar-refractivity contribution in [1.82, 2.24) is 9.88 Å². The van der Waals surface area contributed by atoms with E-state index in [0.717, 1.165) is 25.2 Å². The van der Waals surface area contributed by atoms with E-state index < -0.39 is 0 Å². The van der Waals surface area contributed by atoms with Crippen molar-refractivity contribution in [3.05, 3.63) is 65.0 Å². The normalized spacial score (nSPS) is 12.6. The molecule has 2 aromatic rings. The molecule has 0 saturated heterocycles. The van der Waals surface area contributed by atoms with Crippen molar-refractivity contribution in [3.8, 4) is 0 Å². The molecule has 0 spiro atoms. The molecule has 0 fully saturated rings. The van der Waals surface area contributed by atoms with Crippen molar-refractivity contribution in [2.45, 2.75) is 39.5 Å². The molecular formula is C20H28N2. The van der Waals surface area contributed by atoms with E-state index in [0.29, 0.717) is 5.92 Å². The number of hydrogen-bond donors (Lipinski definition) is 0. The molecule has 0 amide bonds. The lowest BCUT2D eigenvalue weighted by Crippen LogP contribution is -2.24. The van der Waals surface area contributed by atoms with Gasteiger partial charge in [-0.05, 0) is 62.0 Å². The third kappa shape index (κ3) is 4.41. The van der Waals surface area contributed by atoms with Gasteiger partial charge in [-0.25, -0.2) is 0 Å². The van der Waals surface area contributed by atoms with Crippen LogP contribution in [0.1, 0.15) is 48.6 Å². The molecule has 1 atom stereocenters. The first-order valence-electron chi connectivity index (χ1n) is 8.28. The third-order valence-corrected chi connectivity index (χ3v) is 4.27. The van der Waals surface area contributed by atoms with E-state index in [1.165, 1.54) is 23.1 Å². The van der Waals surface area contributed by atoms with E-state index >= 15 is 0 Å². The topological polar surface area (TPSA) is 16.1 Å². The van der Waals surface area contributed by atoms with Gasteiger partial charge in [-0.2, -0.15) is 0 Å². The fraction of sp³-hybridized carbons (Fsp3) is 0.450. The summed E-state index contributed by atoms with van der Waals surface area (Å²) in [4.78, 5) is 6.84. The van der Waals surface area contributed by atoms with Crippen molar-refractivity contribution < 1.29 is 0 Å². The van der Waals surface area contributed by atoms with Crippen LogP contribution in [0.2, 0.25) is 0 Å². The molecule has 1 heterocycles. The summed E-state index contributed by atoms with van der Waals surface area (Å²) in [5.41, 5.74) is 5.35. The van der Waals surface area contributed by atoms with E-state index in [2.05, 4.69) is 68.0 Å². The van der Waals surface area contributed by atoms with Crippen LogP contribution in [0.15, 0.2) is 42.6 Å². The van der Waals surface area contributed by atoms with Crippen LogP contribution in [-0.2, 0) is 6.42 Å². The van der Waals surface area contributed by atoms with Gasteiger partial charge in [0.1, 0.15) is 0 Å². The fourth-order valence-electron chi connectivity index (χ4n) is 3.12. The summed E-state index contributed by atoms with van der Waals surface area (Å²) in [6.07, 6.45) is 4.05. The quantitative estimate of drug-likeness (QED) is 0.751. The molecule has 118 valence electrons. The molecule has 0 aliphatic carbocycles. The fourth-order valence-corrected chi connectivity index (χ4v) is 3.12. The largest absolute Gasteiger partial charge is 0.306 e. The van der Waals surface area contributed by atoms with Gasteiger partial charge in [0, 0.05) is 18.4 Å². The average Bonchev–Trinajstić information content (AvgIpc) is 2.50. The van der Waals surface area contributed by atoms with Crippen molar-refractivity contribution >= 4 is 0 Å². The minimum absolute atomic E-state index is 0.546. The van der Waals surface area contributed by atoms with Crippen molar-refractivity contribution in [2.24, 2.45) is 0 Å². The second-order valence-electron chi connectivity index (χ2n) is 6.29. The number of pyridine rings is 1. The summed E-state index contributed by atoms with van der Waals surface area (Å²) in [5, 5.41) is 0. The maximum absolute atomic E-state index is 4.41. The second kappa shape index (κ2) is 8.09. The number of hydrogen-bond acceptors (Lipinski definition) is 2. The van der Waals surface area contributed by atoms with Crippen LogP contribution in [-0.4, -0.2) is 30.0 Å². The molecule has 0 bridgehead atoms. The predicted octanol–water partition coefficient (Wildman–Crippen LogP) is 4.43. The van der Waals surface area contributed by atoms with Gasteiger partial charge in [-0.3, -0.25) is 4.98 Å². The van der Waals surface area contributed by atoms with Gasteiger partial charge in [0.25, 0.3) is 0 Å². The van der Waals surface area contributed by atoms with Crippen LogP contribution in [0.4, 0.5) is 0 Å². The Morgan fingerprint density at radius 3 is 2.55 bits per heavy atom. The Bertz CT molecular complexity index is 592. The molecule has 2 rings (SSSR count). The number of likely N-dealkylation sites (N-methyl/N-ethyl adjacent to an activating group) is 1. The zero-order valence-corrected chi connectivity index (χ0v) is 14.3. The minimum Gasteiger partial charge on any atom is -0.306 e. The lowest BCUT2D eigenvalue weighted by Gasteiger charge is -2.23. The first kappa shape index (κ1) is 16.7. The lowest BCUT2D eigenvalue weighted by molar-refractivity contribution is 0.317. The zero-order chi connectivity index (χ0) is 15.9. The maximum atomic E-state index is 4.41. The Kier molecular flexibility index (Phi) is 6.14. The van der Waals surface area contributed by atoms with Gasteiger partial charge in [-0.15, -0.1) is 0 Å². The van der Waals surface area contributed by atoms with Gasteiger partial charge in [0.2, 0.25) is 0 Å². The zero-order valence-electron chi connectivity index (χ0n) is 14.3. The van der Waals surface area contributed by atoms with Gasteiger partial charge < -0.3 is 4.90 Å². The Balaban J connectivity index is 2.18. The summed E-state index contributed by atoms with van der Waals surface area (Å²) >= 11 is 0. The molecule has 0 saturated carbocycles. The third-order valence-electron chi connectivity index (χ3n) is 4.27. The summed E-state index contributed by atoms with van der Waals surface area (Å²) in [6, 6.07) is 13.1. The van der Waals surface area contributed by atoms with Crippen molar-refractivity contribution in [1.29, 1.82) is 0 Å². The molecular weight excluding hydrogens is 268 g/mol. The number of aryl methyl sites for hydroxylation is 1. The van der Waals surface area contributed by atoms with Crippen molar-refractivity contribution in [2.75, 3.05) is 20.1 Å². The number of nitrogens with zero attached hydrogens (tertiary/aromatic N) is 2. The average molecular weight is 296 g/mol. The van der Waals surface area contributed by atoms with Crippen LogP contribution in [0.25, 0.3) is 0 Å². The Labute approximate surface area is 135 Å². The standard InChI is InChI=1S/C20H28N2/c1-5-13-22(4)15-16(2)20-11-7-6-9-19(20)14-18-10-8-12-21-17(18)3/h6-12,16H,5,13-15H2,1-4H3. The second-order valence-corrected chi connectivity index (χ2v) is 6.29. The molecule has 0 N–H and O–H groups in total. The van der Waals surface area contributed by atoms with Crippen molar-refractivity contribution in [3.63, 3.8) is 0 Å². The summed E-state index contributed by atoms with van der Waals surface area (Å²) in [6.45, 7) is 8.93. The highest BCUT2D eigenvalue weighted by atomic mass is 15.1. The van der Waals surface area contributed by atoms with Gasteiger partial charge in [-0.1, -0.05) is 44.2 Å². The number of benzene rings is 1. The molecule has 22 heavy (non-hydrogen) atoms. The highest BCUT2D eigenvalue weighted by molar-refractivity contribution is 5.36. The predicted molar refractivity (Wildman–Crippen MR) is 94.4 cm³/mol. The Morgan fingerprint density at radius 2 is 1.82 bits per heavy atom. The number of rotatable bonds is 7. The number of aromatic nitrogens is 1. The molecule has 0 radical (unpaired) electrons. The van der Waals surface area contributed by atoms with Crippen LogP contribution >= 0.6 is 0 Å². The van der Waals surface area contributed by atoms with Gasteiger partial charge >= 0.3 is 0 Å². The minimum atomic E-state index is 0.546. The van der Waals surface area contributed by atoms with Gasteiger partial charge in [0.15, 0.2) is 0 Å². The summed E-state index contributed by atoms with van der Waals surface area (Å²) < 4.78 is 0. The van der Waals surface area contributed by atoms with E-state index in [9.17, 15) is 0 Å².